The molecule has 2 aromatic rings. The molecule has 1 unspecified atom stereocenters. The van der Waals surface area contributed by atoms with Gasteiger partial charge in [0.05, 0.1) is 6.04 Å². The van der Waals surface area contributed by atoms with Crippen LogP contribution in [0.1, 0.15) is 29.7 Å². The topological polar surface area (TPSA) is 39.7 Å². The Morgan fingerprint density at radius 1 is 1.18 bits per heavy atom. The summed E-state index contributed by atoms with van der Waals surface area (Å²) in [7, 11) is 1.74. The van der Waals surface area contributed by atoms with Gasteiger partial charge in [-0.15, -0.1) is 24.0 Å². The van der Waals surface area contributed by atoms with Crippen molar-refractivity contribution in [1.82, 2.24) is 10.6 Å². The summed E-state index contributed by atoms with van der Waals surface area (Å²) in [4.78, 5) is 6.61. The Hall–Kier alpha value is -2.09. The van der Waals surface area contributed by atoms with Gasteiger partial charge < -0.3 is 15.5 Å². The molecule has 0 aliphatic carbocycles. The van der Waals surface area contributed by atoms with Crippen molar-refractivity contribution in [1.29, 1.82) is 0 Å². The number of nitrogens with zero attached hydrogens (tertiary/aromatic N) is 2. The van der Waals surface area contributed by atoms with Gasteiger partial charge in [-0.2, -0.15) is 0 Å². The average molecular weight is 494 g/mol. The number of nitrogens with one attached hydrogen (secondary N) is 2. The van der Waals surface area contributed by atoms with E-state index >= 15 is 0 Å². The highest BCUT2D eigenvalue weighted by molar-refractivity contribution is 14.0. The van der Waals surface area contributed by atoms with Crippen LogP contribution < -0.4 is 15.5 Å². The highest BCUT2D eigenvalue weighted by Gasteiger charge is 2.11. The quantitative estimate of drug-likeness (QED) is 0.277. The van der Waals surface area contributed by atoms with Crippen molar-refractivity contribution in [2.75, 3.05) is 25.0 Å². The van der Waals surface area contributed by atoms with E-state index in [1.807, 2.05) is 13.0 Å². The first-order valence-corrected chi connectivity index (χ1v) is 9.29. The molecule has 28 heavy (non-hydrogen) atoms. The van der Waals surface area contributed by atoms with Crippen molar-refractivity contribution in [3.8, 4) is 0 Å². The molecule has 1 aliphatic rings. The van der Waals surface area contributed by atoms with E-state index in [0.29, 0.717) is 18.1 Å². The van der Waals surface area contributed by atoms with E-state index in [-0.39, 0.29) is 35.8 Å². The van der Waals surface area contributed by atoms with E-state index in [2.05, 4.69) is 56.9 Å². The van der Waals surface area contributed by atoms with Crippen LogP contribution in [-0.4, -0.2) is 26.1 Å². The normalized spacial score (nSPS) is 14.6. The highest BCUT2D eigenvalue weighted by Crippen LogP contribution is 2.19. The molecule has 0 aromatic heterocycles. The van der Waals surface area contributed by atoms with Gasteiger partial charge in [0, 0.05) is 32.4 Å². The molecule has 1 aliphatic heterocycles. The second-order valence-corrected chi connectivity index (χ2v) is 6.85. The number of hydrogen-bond donors (Lipinski definition) is 2. The molecule has 1 atom stereocenters. The molecule has 0 fully saturated rings. The first-order valence-electron chi connectivity index (χ1n) is 9.29. The third-order valence-corrected chi connectivity index (χ3v) is 4.83. The first kappa shape index (κ1) is 22.2. The lowest BCUT2D eigenvalue weighted by Crippen LogP contribution is -2.38. The van der Waals surface area contributed by atoms with E-state index in [1.54, 1.807) is 26.1 Å². The average Bonchev–Trinajstić information content (AvgIpc) is 3.22. The maximum absolute atomic E-state index is 13.8. The highest BCUT2D eigenvalue weighted by atomic mass is 127. The van der Waals surface area contributed by atoms with Gasteiger partial charge in [-0.1, -0.05) is 36.4 Å². The molecule has 0 bridgehead atoms. The zero-order valence-corrected chi connectivity index (χ0v) is 18.9. The number of hydrogen-bond acceptors (Lipinski definition) is 2. The standard InChI is InChI=1S/C22H27FN4.HI/c1-16-9-10-19(14-21(16)23)17(2)26-22(24-3)25-15-18-7-6-8-20(13-18)27-11-4-5-12-27;/h4-10,13-14,17H,11-12,15H2,1-3H3,(H2,24,25,26);1H. The van der Waals surface area contributed by atoms with Crippen molar-refractivity contribution < 1.29 is 4.39 Å². The summed E-state index contributed by atoms with van der Waals surface area (Å²) in [6, 6.07) is 13.8. The van der Waals surface area contributed by atoms with Crippen molar-refractivity contribution in [3.05, 3.63) is 77.1 Å². The summed E-state index contributed by atoms with van der Waals surface area (Å²) in [6.45, 7) is 6.36. The zero-order valence-electron chi connectivity index (χ0n) is 16.6. The molecule has 0 spiro atoms. The molecular weight excluding hydrogens is 466 g/mol. The minimum absolute atomic E-state index is 0. The van der Waals surface area contributed by atoms with Gasteiger partial charge in [-0.05, 0) is 48.7 Å². The van der Waals surface area contributed by atoms with Gasteiger partial charge in [-0.25, -0.2) is 4.39 Å². The van der Waals surface area contributed by atoms with Crippen LogP contribution in [0.15, 0.2) is 59.6 Å². The molecule has 2 aromatic carbocycles. The van der Waals surface area contributed by atoms with Crippen LogP contribution in [-0.2, 0) is 6.54 Å². The number of anilines is 1. The van der Waals surface area contributed by atoms with E-state index in [0.717, 1.165) is 18.7 Å². The number of rotatable bonds is 5. The van der Waals surface area contributed by atoms with Crippen LogP contribution in [0.5, 0.6) is 0 Å². The van der Waals surface area contributed by atoms with E-state index in [9.17, 15) is 4.39 Å². The predicted octanol–water partition coefficient (Wildman–Crippen LogP) is 4.55. The summed E-state index contributed by atoms with van der Waals surface area (Å²) in [6.07, 6.45) is 4.37. The van der Waals surface area contributed by atoms with Crippen LogP contribution in [0.2, 0.25) is 0 Å². The lowest BCUT2D eigenvalue weighted by Gasteiger charge is -2.20. The maximum Gasteiger partial charge on any atom is 0.191 e. The minimum Gasteiger partial charge on any atom is -0.364 e. The van der Waals surface area contributed by atoms with Gasteiger partial charge in [0.25, 0.3) is 0 Å². The number of aliphatic imine (C=N–C) groups is 1. The van der Waals surface area contributed by atoms with Gasteiger partial charge >= 0.3 is 0 Å². The van der Waals surface area contributed by atoms with Crippen LogP contribution in [0.3, 0.4) is 0 Å². The van der Waals surface area contributed by atoms with Crippen molar-refractivity contribution in [2.24, 2.45) is 4.99 Å². The van der Waals surface area contributed by atoms with Gasteiger partial charge in [0.15, 0.2) is 5.96 Å². The fourth-order valence-electron chi connectivity index (χ4n) is 3.10. The molecule has 150 valence electrons. The smallest absolute Gasteiger partial charge is 0.191 e. The number of benzene rings is 2. The Morgan fingerprint density at radius 2 is 1.93 bits per heavy atom. The largest absolute Gasteiger partial charge is 0.364 e. The Balaban J connectivity index is 0.00000280. The monoisotopic (exact) mass is 494 g/mol. The third-order valence-electron chi connectivity index (χ3n) is 4.83. The fourth-order valence-corrected chi connectivity index (χ4v) is 3.10. The van der Waals surface area contributed by atoms with Gasteiger partial charge in [0.1, 0.15) is 5.82 Å². The second-order valence-electron chi connectivity index (χ2n) is 6.85. The molecule has 1 heterocycles. The molecule has 0 saturated heterocycles. The Kier molecular flexibility index (Phi) is 8.29. The predicted molar refractivity (Wildman–Crippen MR) is 126 cm³/mol. The Morgan fingerprint density at radius 3 is 2.61 bits per heavy atom. The summed E-state index contributed by atoms with van der Waals surface area (Å²) >= 11 is 0. The van der Waals surface area contributed by atoms with Crippen molar-refractivity contribution in [2.45, 2.75) is 26.4 Å². The maximum atomic E-state index is 13.8. The lowest BCUT2D eigenvalue weighted by atomic mass is 10.1. The SMILES string of the molecule is CN=C(NCc1cccc(N2CC=CC2)c1)NC(C)c1ccc(C)c(F)c1.I. The molecule has 0 radical (unpaired) electrons. The number of aryl methyl sites for hydroxylation is 1. The summed E-state index contributed by atoms with van der Waals surface area (Å²) in [5, 5.41) is 6.66. The van der Waals surface area contributed by atoms with Crippen LogP contribution >= 0.6 is 24.0 Å². The molecule has 0 amide bonds. The molecule has 4 nitrogen and oxygen atoms in total. The molecule has 0 saturated carbocycles. The molecule has 3 rings (SSSR count). The van der Waals surface area contributed by atoms with E-state index in [1.165, 1.54) is 11.3 Å². The third kappa shape index (κ3) is 5.70. The summed E-state index contributed by atoms with van der Waals surface area (Å²) < 4.78 is 13.8. The summed E-state index contributed by atoms with van der Waals surface area (Å²) in [5.41, 5.74) is 3.97. The van der Waals surface area contributed by atoms with Crippen LogP contribution in [0.25, 0.3) is 0 Å². The van der Waals surface area contributed by atoms with E-state index in [4.69, 9.17) is 0 Å². The van der Waals surface area contributed by atoms with Crippen molar-refractivity contribution in [3.63, 3.8) is 0 Å². The number of halogens is 2. The fraction of sp³-hybridized carbons (Fsp3) is 0.318. The lowest BCUT2D eigenvalue weighted by molar-refractivity contribution is 0.607. The Bertz CT molecular complexity index is 842. The van der Waals surface area contributed by atoms with E-state index < -0.39 is 0 Å². The molecule has 2 N–H and O–H groups in total. The number of guanidine groups is 1. The second kappa shape index (κ2) is 10.5. The van der Waals surface area contributed by atoms with Crippen LogP contribution in [0.4, 0.5) is 10.1 Å². The molecule has 6 heteroatoms. The summed E-state index contributed by atoms with van der Waals surface area (Å²) in [5.74, 6) is 0.508. The zero-order chi connectivity index (χ0) is 19.2. The van der Waals surface area contributed by atoms with Gasteiger partial charge in [0.2, 0.25) is 0 Å². The molecular formula is C22H28FIN4. The van der Waals surface area contributed by atoms with Crippen LogP contribution in [0, 0.1) is 12.7 Å². The van der Waals surface area contributed by atoms with Crippen molar-refractivity contribution >= 4 is 35.6 Å². The van der Waals surface area contributed by atoms with Gasteiger partial charge in [-0.3, -0.25) is 4.99 Å². The Labute approximate surface area is 184 Å². The first-order chi connectivity index (χ1) is 13.1. The minimum atomic E-state index is -0.183.